The Hall–Kier alpha value is -2.57. The number of aliphatic hydroxyl groups excluding tert-OH is 1. The average molecular weight is 410 g/mol. The summed E-state index contributed by atoms with van der Waals surface area (Å²) >= 11 is 0. The van der Waals surface area contributed by atoms with Gasteiger partial charge in [-0.15, -0.1) is 0 Å². The summed E-state index contributed by atoms with van der Waals surface area (Å²) in [6, 6.07) is 15.7. The summed E-state index contributed by atoms with van der Waals surface area (Å²) in [7, 11) is 0. The van der Waals surface area contributed by atoms with Gasteiger partial charge in [0.2, 0.25) is 5.62 Å². The third kappa shape index (κ3) is 4.45. The fourth-order valence-corrected chi connectivity index (χ4v) is 4.51. The minimum absolute atomic E-state index is 0.358. The number of aromatic nitrogens is 2. The van der Waals surface area contributed by atoms with Crippen LogP contribution in [0.1, 0.15) is 37.9 Å². The monoisotopic (exact) mass is 409 g/mol. The lowest BCUT2D eigenvalue weighted by molar-refractivity contribution is -0.905. The van der Waals surface area contributed by atoms with Gasteiger partial charge in [-0.25, -0.2) is 0 Å². The molecule has 160 valence electrons. The predicted octanol–water partition coefficient (Wildman–Crippen LogP) is 2.12. The van der Waals surface area contributed by atoms with Gasteiger partial charge in [0, 0.05) is 0 Å². The Morgan fingerprint density at radius 1 is 1.00 bits per heavy atom. The number of hydrogen-bond acceptors (Lipinski definition) is 3. The smallest absolute Gasteiger partial charge is 0.203 e. The molecule has 1 aromatic heterocycles. The molecule has 6 heteroatoms. The first-order chi connectivity index (χ1) is 14.7. The lowest BCUT2D eigenvalue weighted by atomic mass is 10.1. The largest absolute Gasteiger partial charge is 0.494 e. The lowest BCUT2D eigenvalue weighted by Gasteiger charge is -2.23. The first-order valence-electron chi connectivity index (χ1n) is 11.1. The third-order valence-electron chi connectivity index (χ3n) is 6.16. The van der Waals surface area contributed by atoms with Crippen LogP contribution in [0.5, 0.6) is 5.75 Å². The molecule has 0 saturated carbocycles. The number of imidazole rings is 1. The Bertz CT molecular complexity index is 1020. The van der Waals surface area contributed by atoms with E-state index in [1.807, 2.05) is 54.0 Å². The van der Waals surface area contributed by atoms with Crippen LogP contribution in [0.4, 0.5) is 0 Å². The molecule has 1 unspecified atom stereocenters. The van der Waals surface area contributed by atoms with Crippen molar-refractivity contribution in [2.75, 3.05) is 26.2 Å². The summed E-state index contributed by atoms with van der Waals surface area (Å²) in [5, 5.41) is 19.7. The van der Waals surface area contributed by atoms with E-state index in [9.17, 15) is 5.11 Å². The maximum absolute atomic E-state index is 10.9. The van der Waals surface area contributed by atoms with Crippen molar-refractivity contribution in [2.45, 2.75) is 45.4 Å². The van der Waals surface area contributed by atoms with Gasteiger partial charge in [-0.3, -0.25) is 5.41 Å². The van der Waals surface area contributed by atoms with Crippen LogP contribution in [-0.2, 0) is 13.1 Å². The Labute approximate surface area is 177 Å². The molecule has 1 atom stereocenters. The van der Waals surface area contributed by atoms with Crippen molar-refractivity contribution in [2.24, 2.45) is 0 Å². The SMILES string of the molecule is CCOc1ccc(C(O)Cn2c(=N)n(CC[NH+]3CCCCC3)c3ccccc32)cc1. The van der Waals surface area contributed by atoms with E-state index in [0.29, 0.717) is 18.8 Å². The number of likely N-dealkylation sites (tertiary alicyclic amines) is 1. The van der Waals surface area contributed by atoms with Gasteiger partial charge in [-0.2, -0.15) is 0 Å². The van der Waals surface area contributed by atoms with Crippen molar-refractivity contribution in [3.05, 3.63) is 59.7 Å². The second-order valence-corrected chi connectivity index (χ2v) is 8.15. The van der Waals surface area contributed by atoms with Crippen LogP contribution < -0.4 is 15.3 Å². The van der Waals surface area contributed by atoms with E-state index in [-0.39, 0.29) is 0 Å². The second kappa shape index (κ2) is 9.49. The topological polar surface area (TPSA) is 67.6 Å². The van der Waals surface area contributed by atoms with Crippen LogP contribution in [0.25, 0.3) is 11.0 Å². The van der Waals surface area contributed by atoms with Crippen molar-refractivity contribution in [3.8, 4) is 5.75 Å². The molecule has 30 heavy (non-hydrogen) atoms. The van der Waals surface area contributed by atoms with E-state index >= 15 is 0 Å². The molecule has 1 aliphatic rings. The molecule has 1 fully saturated rings. The van der Waals surface area contributed by atoms with Crippen LogP contribution in [0.2, 0.25) is 0 Å². The minimum atomic E-state index is -0.679. The lowest BCUT2D eigenvalue weighted by Crippen LogP contribution is -3.13. The summed E-state index contributed by atoms with van der Waals surface area (Å²) in [5.74, 6) is 0.805. The highest BCUT2D eigenvalue weighted by atomic mass is 16.5. The number of quaternary nitrogens is 1. The molecule has 0 amide bonds. The van der Waals surface area contributed by atoms with Gasteiger partial charge in [0.25, 0.3) is 0 Å². The first-order valence-corrected chi connectivity index (χ1v) is 11.1. The summed E-state index contributed by atoms with van der Waals surface area (Å²) in [5.41, 5.74) is 3.36. The third-order valence-corrected chi connectivity index (χ3v) is 6.16. The minimum Gasteiger partial charge on any atom is -0.494 e. The van der Waals surface area contributed by atoms with Crippen LogP contribution in [0.3, 0.4) is 0 Å². The summed E-state index contributed by atoms with van der Waals surface area (Å²) in [6.07, 6.45) is 3.29. The van der Waals surface area contributed by atoms with E-state index in [2.05, 4.69) is 10.6 Å². The number of rotatable bonds is 8. The molecule has 3 aromatic rings. The van der Waals surface area contributed by atoms with E-state index < -0.39 is 6.10 Å². The van der Waals surface area contributed by atoms with Crippen LogP contribution in [-0.4, -0.2) is 40.5 Å². The molecule has 2 aromatic carbocycles. The molecule has 0 aliphatic carbocycles. The van der Waals surface area contributed by atoms with Crippen molar-refractivity contribution in [3.63, 3.8) is 0 Å². The van der Waals surface area contributed by atoms with Crippen molar-refractivity contribution >= 4 is 11.0 Å². The zero-order valence-electron chi connectivity index (χ0n) is 17.8. The summed E-state index contributed by atoms with van der Waals surface area (Å²) in [4.78, 5) is 1.64. The van der Waals surface area contributed by atoms with Crippen molar-refractivity contribution in [1.29, 1.82) is 5.41 Å². The van der Waals surface area contributed by atoms with E-state index in [0.717, 1.165) is 35.4 Å². The Morgan fingerprint density at radius 3 is 2.33 bits per heavy atom. The number of aliphatic hydroxyl groups is 1. The molecule has 1 saturated heterocycles. The average Bonchev–Trinajstić information content (AvgIpc) is 3.04. The van der Waals surface area contributed by atoms with Crippen LogP contribution in [0.15, 0.2) is 48.5 Å². The number of para-hydroxylation sites is 2. The number of nitrogens with one attached hydrogen (secondary N) is 2. The van der Waals surface area contributed by atoms with Gasteiger partial charge >= 0.3 is 0 Å². The Balaban J connectivity index is 1.56. The highest BCUT2D eigenvalue weighted by Gasteiger charge is 2.18. The Morgan fingerprint density at radius 2 is 1.67 bits per heavy atom. The zero-order valence-corrected chi connectivity index (χ0v) is 17.8. The normalized spacial score (nSPS) is 16.1. The van der Waals surface area contributed by atoms with Crippen molar-refractivity contribution < 1.29 is 14.7 Å². The highest BCUT2D eigenvalue weighted by molar-refractivity contribution is 5.75. The molecule has 4 rings (SSSR count). The standard InChI is InChI=1S/C24H32N4O2/c1-2-30-20-12-10-19(11-13-20)23(29)18-28-22-9-5-4-8-21(22)27(24(28)25)17-16-26-14-6-3-7-15-26/h4-5,8-13,23,25,29H,2-3,6-7,14-18H2,1H3/p+1. The number of benzene rings is 2. The van der Waals surface area contributed by atoms with Gasteiger partial charge in [0.15, 0.2) is 0 Å². The van der Waals surface area contributed by atoms with Gasteiger partial charge in [0.1, 0.15) is 5.75 Å². The quantitative estimate of drug-likeness (QED) is 0.534. The van der Waals surface area contributed by atoms with Gasteiger partial charge < -0.3 is 23.9 Å². The number of hydrogen-bond donors (Lipinski definition) is 3. The molecular formula is C24H33N4O2+. The fraction of sp³-hybridized carbons (Fsp3) is 0.458. The highest BCUT2D eigenvalue weighted by Crippen LogP contribution is 2.21. The van der Waals surface area contributed by atoms with Gasteiger partial charge in [-0.1, -0.05) is 24.3 Å². The number of piperidine rings is 1. The summed E-state index contributed by atoms with van der Waals surface area (Å²) < 4.78 is 9.53. The summed E-state index contributed by atoms with van der Waals surface area (Å²) in [6.45, 7) is 7.30. The number of ether oxygens (including phenoxy) is 1. The molecule has 6 nitrogen and oxygen atoms in total. The molecule has 0 spiro atoms. The molecule has 0 radical (unpaired) electrons. The van der Waals surface area contributed by atoms with E-state index in [1.165, 1.54) is 32.4 Å². The zero-order chi connectivity index (χ0) is 20.9. The molecule has 0 bridgehead atoms. The second-order valence-electron chi connectivity index (χ2n) is 8.15. The van der Waals surface area contributed by atoms with Crippen LogP contribution >= 0.6 is 0 Å². The molecular weight excluding hydrogens is 376 g/mol. The number of nitrogens with zero attached hydrogens (tertiary/aromatic N) is 2. The fourth-order valence-electron chi connectivity index (χ4n) is 4.51. The number of fused-ring (bicyclic) bond motifs is 1. The molecule has 1 aliphatic heterocycles. The van der Waals surface area contributed by atoms with Gasteiger partial charge in [-0.05, 0) is 56.0 Å². The van der Waals surface area contributed by atoms with E-state index in [4.69, 9.17) is 10.1 Å². The van der Waals surface area contributed by atoms with E-state index in [1.54, 1.807) is 4.90 Å². The maximum atomic E-state index is 10.9. The first kappa shape index (κ1) is 20.7. The van der Waals surface area contributed by atoms with Gasteiger partial charge in [0.05, 0.1) is 56.5 Å². The van der Waals surface area contributed by atoms with Crippen molar-refractivity contribution in [1.82, 2.24) is 9.13 Å². The Kier molecular flexibility index (Phi) is 6.55. The van der Waals surface area contributed by atoms with Crippen LogP contribution in [0, 0.1) is 5.41 Å². The predicted molar refractivity (Wildman–Crippen MR) is 118 cm³/mol. The molecule has 3 N–H and O–H groups in total. The molecule has 2 heterocycles. The maximum Gasteiger partial charge on any atom is 0.203 e.